The second-order valence-corrected chi connectivity index (χ2v) is 7.27. The summed E-state index contributed by atoms with van der Waals surface area (Å²) in [5.74, 6) is -1.85. The predicted octanol–water partition coefficient (Wildman–Crippen LogP) is 1.78. The lowest BCUT2D eigenvalue weighted by molar-refractivity contribution is -0.152. The van der Waals surface area contributed by atoms with Gasteiger partial charge in [-0.2, -0.15) is 5.10 Å². The number of amides is 3. The van der Waals surface area contributed by atoms with Gasteiger partial charge in [-0.1, -0.05) is 48.5 Å². The van der Waals surface area contributed by atoms with Gasteiger partial charge in [0.25, 0.3) is 11.8 Å². The molecule has 0 bridgehead atoms. The number of imide groups is 1. The van der Waals surface area contributed by atoms with E-state index in [2.05, 4.69) is 5.10 Å². The number of ether oxygens (including phenoxy) is 1. The van der Waals surface area contributed by atoms with Gasteiger partial charge in [0.2, 0.25) is 5.91 Å². The van der Waals surface area contributed by atoms with E-state index in [4.69, 9.17) is 4.74 Å². The van der Waals surface area contributed by atoms with Crippen LogP contribution in [0.2, 0.25) is 0 Å². The smallest absolute Gasteiger partial charge is 0.308 e. The monoisotopic (exact) mass is 419 g/mol. The zero-order chi connectivity index (χ0) is 21.8. The van der Waals surface area contributed by atoms with Gasteiger partial charge in [-0.15, -0.1) is 0 Å². The number of benzene rings is 2. The van der Waals surface area contributed by atoms with Crippen molar-refractivity contribution in [2.45, 2.75) is 19.3 Å². The molecule has 0 aromatic heterocycles. The number of carbonyl (C=O) groups is 4. The Labute approximate surface area is 179 Å². The third kappa shape index (κ3) is 4.53. The van der Waals surface area contributed by atoms with Crippen LogP contribution in [0.15, 0.2) is 59.7 Å². The lowest BCUT2D eigenvalue weighted by Crippen LogP contribution is -2.43. The molecule has 2 aliphatic heterocycles. The molecular formula is C23H21N3O5. The summed E-state index contributed by atoms with van der Waals surface area (Å²) < 4.78 is 5.04. The van der Waals surface area contributed by atoms with E-state index in [1.54, 1.807) is 24.3 Å². The second-order valence-electron chi connectivity index (χ2n) is 7.27. The molecule has 8 heteroatoms. The summed E-state index contributed by atoms with van der Waals surface area (Å²) >= 11 is 0. The van der Waals surface area contributed by atoms with Gasteiger partial charge in [0.1, 0.15) is 0 Å². The first kappa shape index (κ1) is 20.5. The average molecular weight is 419 g/mol. The van der Waals surface area contributed by atoms with Crippen LogP contribution < -0.4 is 0 Å². The van der Waals surface area contributed by atoms with Gasteiger partial charge < -0.3 is 4.74 Å². The zero-order valence-corrected chi connectivity index (χ0v) is 16.8. The molecule has 2 aromatic rings. The fourth-order valence-corrected chi connectivity index (χ4v) is 3.59. The summed E-state index contributed by atoms with van der Waals surface area (Å²) in [7, 11) is 0. The lowest BCUT2D eigenvalue weighted by Gasteiger charge is -2.26. The van der Waals surface area contributed by atoms with E-state index >= 15 is 0 Å². The van der Waals surface area contributed by atoms with Crippen LogP contribution in [-0.4, -0.2) is 59.0 Å². The molecule has 0 fully saturated rings. The predicted molar refractivity (Wildman–Crippen MR) is 111 cm³/mol. The Morgan fingerprint density at radius 1 is 1.00 bits per heavy atom. The standard InChI is InChI=1S/C23H21N3O5/c27-20-14-17-8-4-5-9-18(17)23(30)25(20)12-11-22(29)31-15-21(28)26-13-10-19(24-26)16-6-2-1-3-7-16/h1-9H,10-15H2. The van der Waals surface area contributed by atoms with E-state index in [9.17, 15) is 19.2 Å². The number of hydrogen-bond donors (Lipinski definition) is 0. The third-order valence-corrected chi connectivity index (χ3v) is 5.23. The van der Waals surface area contributed by atoms with Crippen molar-refractivity contribution >= 4 is 29.4 Å². The number of esters is 1. The highest BCUT2D eigenvalue weighted by Crippen LogP contribution is 2.20. The number of nitrogens with zero attached hydrogens (tertiary/aromatic N) is 3. The molecule has 2 aliphatic rings. The van der Waals surface area contributed by atoms with E-state index in [0.29, 0.717) is 24.1 Å². The molecule has 2 aromatic carbocycles. The minimum atomic E-state index is -0.653. The van der Waals surface area contributed by atoms with Crippen LogP contribution in [0.5, 0.6) is 0 Å². The number of hydrazone groups is 1. The topological polar surface area (TPSA) is 96.3 Å². The largest absolute Gasteiger partial charge is 0.455 e. The van der Waals surface area contributed by atoms with Gasteiger partial charge in [-0.25, -0.2) is 5.01 Å². The number of hydrogen-bond acceptors (Lipinski definition) is 6. The Hall–Kier alpha value is -3.81. The van der Waals surface area contributed by atoms with Crippen molar-refractivity contribution in [3.8, 4) is 0 Å². The Morgan fingerprint density at radius 3 is 2.55 bits per heavy atom. The zero-order valence-electron chi connectivity index (χ0n) is 16.8. The van der Waals surface area contributed by atoms with Crippen LogP contribution >= 0.6 is 0 Å². The number of carbonyl (C=O) groups excluding carboxylic acids is 4. The number of fused-ring (bicyclic) bond motifs is 1. The molecule has 0 N–H and O–H groups in total. The molecule has 0 radical (unpaired) electrons. The van der Waals surface area contributed by atoms with Crippen molar-refractivity contribution < 1.29 is 23.9 Å². The average Bonchev–Trinajstić information content (AvgIpc) is 3.28. The third-order valence-electron chi connectivity index (χ3n) is 5.23. The van der Waals surface area contributed by atoms with Gasteiger partial charge in [0.05, 0.1) is 25.1 Å². The van der Waals surface area contributed by atoms with Gasteiger partial charge >= 0.3 is 5.97 Å². The second kappa shape index (κ2) is 8.91. The molecule has 0 saturated carbocycles. The van der Waals surface area contributed by atoms with Gasteiger partial charge in [0.15, 0.2) is 6.61 Å². The summed E-state index contributed by atoms with van der Waals surface area (Å²) in [5, 5.41) is 5.60. The normalized spacial score (nSPS) is 15.5. The van der Waals surface area contributed by atoms with E-state index in [0.717, 1.165) is 16.2 Å². The van der Waals surface area contributed by atoms with Crippen LogP contribution in [0.4, 0.5) is 0 Å². The fraction of sp³-hybridized carbons (Fsp3) is 0.261. The minimum Gasteiger partial charge on any atom is -0.455 e. The van der Waals surface area contributed by atoms with Crippen molar-refractivity contribution in [1.82, 2.24) is 9.91 Å². The van der Waals surface area contributed by atoms with Crippen molar-refractivity contribution in [2.75, 3.05) is 19.7 Å². The number of rotatable bonds is 6. The molecule has 4 rings (SSSR count). The van der Waals surface area contributed by atoms with E-state index in [1.807, 2.05) is 30.3 Å². The maximum atomic E-state index is 12.5. The Morgan fingerprint density at radius 2 is 1.74 bits per heavy atom. The molecule has 0 spiro atoms. The summed E-state index contributed by atoms with van der Waals surface area (Å²) in [6.07, 6.45) is 0.571. The van der Waals surface area contributed by atoms with Crippen molar-refractivity contribution in [1.29, 1.82) is 0 Å². The van der Waals surface area contributed by atoms with E-state index < -0.39 is 24.4 Å². The summed E-state index contributed by atoms with van der Waals surface area (Å²) in [5.41, 5.74) is 2.91. The molecule has 3 amide bonds. The first-order valence-corrected chi connectivity index (χ1v) is 10.0. The van der Waals surface area contributed by atoms with Crippen LogP contribution in [0, 0.1) is 0 Å². The Balaban J connectivity index is 1.26. The Bertz CT molecular complexity index is 1060. The quantitative estimate of drug-likeness (QED) is 0.525. The highest BCUT2D eigenvalue weighted by atomic mass is 16.5. The molecule has 2 heterocycles. The molecular weight excluding hydrogens is 398 g/mol. The summed E-state index contributed by atoms with van der Waals surface area (Å²) in [6.45, 7) is -0.0923. The van der Waals surface area contributed by atoms with Crippen LogP contribution in [0.3, 0.4) is 0 Å². The van der Waals surface area contributed by atoms with Crippen LogP contribution in [0.25, 0.3) is 0 Å². The first-order chi connectivity index (χ1) is 15.0. The van der Waals surface area contributed by atoms with Gasteiger partial charge in [0, 0.05) is 18.5 Å². The molecule has 0 aliphatic carbocycles. The van der Waals surface area contributed by atoms with E-state index in [-0.39, 0.29) is 25.3 Å². The molecule has 0 unspecified atom stereocenters. The highest BCUT2D eigenvalue weighted by Gasteiger charge is 2.31. The van der Waals surface area contributed by atoms with Crippen LogP contribution in [-0.2, 0) is 25.5 Å². The lowest BCUT2D eigenvalue weighted by atomic mass is 9.98. The van der Waals surface area contributed by atoms with E-state index in [1.165, 1.54) is 5.01 Å². The minimum absolute atomic E-state index is 0.0843. The molecule has 31 heavy (non-hydrogen) atoms. The van der Waals surface area contributed by atoms with Gasteiger partial charge in [-0.05, 0) is 17.2 Å². The highest BCUT2D eigenvalue weighted by molar-refractivity contribution is 6.09. The van der Waals surface area contributed by atoms with Gasteiger partial charge in [-0.3, -0.25) is 24.1 Å². The molecule has 158 valence electrons. The maximum Gasteiger partial charge on any atom is 0.308 e. The molecule has 0 atom stereocenters. The SMILES string of the molecule is O=C(CCN1C(=O)Cc2ccccc2C1=O)OCC(=O)N1CCC(c2ccccc2)=N1. The summed E-state index contributed by atoms with van der Waals surface area (Å²) in [4.78, 5) is 50.2. The van der Waals surface area contributed by atoms with Crippen LogP contribution in [0.1, 0.15) is 34.3 Å². The Kier molecular flexibility index (Phi) is 5.88. The first-order valence-electron chi connectivity index (χ1n) is 10.0. The van der Waals surface area contributed by atoms with Crippen molar-refractivity contribution in [2.24, 2.45) is 5.10 Å². The van der Waals surface area contributed by atoms with Crippen molar-refractivity contribution in [3.63, 3.8) is 0 Å². The maximum absolute atomic E-state index is 12.5. The fourth-order valence-electron chi connectivity index (χ4n) is 3.59. The molecule has 8 nitrogen and oxygen atoms in total. The molecule has 0 saturated heterocycles. The summed E-state index contributed by atoms with van der Waals surface area (Å²) in [6, 6.07) is 16.5. The van der Waals surface area contributed by atoms with Crippen molar-refractivity contribution in [3.05, 3.63) is 71.3 Å².